The maximum Gasteiger partial charge on any atom is 0.0713 e. The third-order valence-corrected chi connectivity index (χ3v) is 18.4. The Kier molecular flexibility index (Phi) is 11.8. The van der Waals surface area contributed by atoms with Gasteiger partial charge in [-0.05, 0) is 179 Å². The van der Waals surface area contributed by atoms with E-state index in [0.29, 0.717) is 0 Å². The van der Waals surface area contributed by atoms with Gasteiger partial charge in [0, 0.05) is 32.9 Å². The van der Waals surface area contributed by atoms with Crippen LogP contribution in [0.25, 0.3) is 133 Å². The summed E-state index contributed by atoms with van der Waals surface area (Å²) in [4.78, 5) is 0. The lowest BCUT2D eigenvalue weighted by Crippen LogP contribution is -2.28. The highest BCUT2D eigenvalue weighted by molar-refractivity contribution is 6.13. The molecule has 0 atom stereocenters. The molecule has 2 aromatic heterocycles. The van der Waals surface area contributed by atoms with Gasteiger partial charge in [-0.2, -0.15) is 0 Å². The number of hydrogen-bond donors (Lipinski definition) is 0. The summed E-state index contributed by atoms with van der Waals surface area (Å²) in [5.74, 6) is 0. The average Bonchev–Trinajstić information content (AvgIpc) is 1.63. The van der Waals surface area contributed by atoms with E-state index in [1.807, 2.05) is 0 Å². The molecule has 406 valence electrons. The molecular formula is C85H56N2. The van der Waals surface area contributed by atoms with Crippen molar-refractivity contribution in [1.29, 1.82) is 0 Å². The highest BCUT2D eigenvalue weighted by Gasteiger charge is 2.46. The number of hydrogen-bond acceptors (Lipinski definition) is 0. The predicted molar refractivity (Wildman–Crippen MR) is 365 cm³/mol. The Labute approximate surface area is 506 Å². The van der Waals surface area contributed by atoms with Crippen molar-refractivity contribution in [1.82, 2.24) is 9.13 Å². The summed E-state index contributed by atoms with van der Waals surface area (Å²) in [6, 6.07) is 125. The number of aromatic nitrogens is 2. The highest BCUT2D eigenvalue weighted by atomic mass is 15.0. The lowest BCUT2D eigenvalue weighted by Gasteiger charge is -2.34. The molecule has 0 N–H and O–H groups in total. The zero-order chi connectivity index (χ0) is 57.4. The van der Waals surface area contributed by atoms with Crippen LogP contribution in [-0.2, 0) is 5.41 Å². The second-order valence-electron chi connectivity index (χ2n) is 23.2. The van der Waals surface area contributed by atoms with E-state index in [4.69, 9.17) is 0 Å². The van der Waals surface area contributed by atoms with Crippen molar-refractivity contribution in [2.24, 2.45) is 0 Å². The molecule has 0 saturated carbocycles. The van der Waals surface area contributed by atoms with E-state index in [1.54, 1.807) is 0 Å². The van der Waals surface area contributed by atoms with Crippen LogP contribution in [0.5, 0.6) is 0 Å². The minimum Gasteiger partial charge on any atom is -0.309 e. The summed E-state index contributed by atoms with van der Waals surface area (Å²) in [5.41, 5.74) is 28.7. The van der Waals surface area contributed by atoms with Crippen molar-refractivity contribution >= 4 is 43.6 Å². The first-order valence-electron chi connectivity index (χ1n) is 30.1. The van der Waals surface area contributed by atoms with E-state index in [0.717, 1.165) is 11.4 Å². The van der Waals surface area contributed by atoms with E-state index >= 15 is 0 Å². The molecular weight excluding hydrogens is 1050 g/mol. The summed E-state index contributed by atoms with van der Waals surface area (Å²) in [6.45, 7) is 0. The van der Waals surface area contributed by atoms with Crippen LogP contribution in [0.2, 0.25) is 0 Å². The van der Waals surface area contributed by atoms with Crippen LogP contribution in [0.4, 0.5) is 0 Å². The first kappa shape index (κ1) is 50.2. The molecule has 2 nitrogen and oxygen atoms in total. The van der Waals surface area contributed by atoms with Gasteiger partial charge in [0.15, 0.2) is 0 Å². The summed E-state index contributed by atoms with van der Waals surface area (Å²) in [5, 5.41) is 4.96. The molecule has 0 aliphatic heterocycles. The van der Waals surface area contributed by atoms with Gasteiger partial charge in [-0.3, -0.25) is 0 Å². The fourth-order valence-electron chi connectivity index (χ4n) is 14.4. The Morgan fingerprint density at radius 1 is 0.184 bits per heavy atom. The third kappa shape index (κ3) is 8.25. The van der Waals surface area contributed by atoms with Gasteiger partial charge in [-0.15, -0.1) is 0 Å². The van der Waals surface area contributed by atoms with Gasteiger partial charge >= 0.3 is 0 Å². The van der Waals surface area contributed by atoms with Gasteiger partial charge in [-0.1, -0.05) is 261 Å². The zero-order valence-corrected chi connectivity index (χ0v) is 47.7. The van der Waals surface area contributed by atoms with Crippen molar-refractivity contribution in [3.05, 3.63) is 362 Å². The maximum atomic E-state index is 2.42. The number of benzene rings is 14. The zero-order valence-electron chi connectivity index (χ0n) is 47.7. The van der Waals surface area contributed by atoms with Gasteiger partial charge in [-0.25, -0.2) is 0 Å². The van der Waals surface area contributed by atoms with Gasteiger partial charge < -0.3 is 9.13 Å². The Hall–Kier alpha value is -11.3. The van der Waals surface area contributed by atoms with E-state index in [2.05, 4.69) is 349 Å². The van der Waals surface area contributed by atoms with Crippen molar-refractivity contribution in [3.63, 3.8) is 0 Å². The van der Waals surface area contributed by atoms with Crippen LogP contribution in [0.15, 0.2) is 340 Å². The molecule has 87 heavy (non-hydrogen) atoms. The Morgan fingerprint density at radius 3 is 0.989 bits per heavy atom. The van der Waals surface area contributed by atoms with Crippen molar-refractivity contribution in [2.75, 3.05) is 0 Å². The van der Waals surface area contributed by atoms with Gasteiger partial charge in [0.25, 0.3) is 0 Å². The van der Waals surface area contributed by atoms with Gasteiger partial charge in [0.1, 0.15) is 0 Å². The van der Waals surface area contributed by atoms with E-state index < -0.39 is 5.41 Å². The molecule has 0 fully saturated rings. The number of para-hydroxylation sites is 2. The van der Waals surface area contributed by atoms with E-state index in [1.165, 1.54) is 144 Å². The lowest BCUT2D eigenvalue weighted by molar-refractivity contribution is 0.769. The van der Waals surface area contributed by atoms with Gasteiger partial charge in [0.2, 0.25) is 0 Å². The first-order valence-corrected chi connectivity index (χ1v) is 30.1. The molecule has 2 heteroatoms. The summed E-state index contributed by atoms with van der Waals surface area (Å²) in [6.07, 6.45) is 0. The quantitative estimate of drug-likeness (QED) is 0.129. The molecule has 1 aliphatic carbocycles. The van der Waals surface area contributed by atoms with Crippen LogP contribution in [-0.4, -0.2) is 9.13 Å². The molecule has 0 radical (unpaired) electrons. The lowest BCUT2D eigenvalue weighted by atomic mass is 9.67. The summed E-state index contributed by atoms with van der Waals surface area (Å²) in [7, 11) is 0. The normalized spacial score (nSPS) is 12.5. The van der Waals surface area contributed by atoms with Crippen molar-refractivity contribution < 1.29 is 0 Å². The van der Waals surface area contributed by atoms with Crippen molar-refractivity contribution in [3.8, 4) is 89.3 Å². The van der Waals surface area contributed by atoms with Crippen LogP contribution in [0.1, 0.15) is 22.3 Å². The van der Waals surface area contributed by atoms with E-state index in [-0.39, 0.29) is 0 Å². The molecule has 14 aromatic carbocycles. The molecule has 0 spiro atoms. The molecule has 0 amide bonds. The molecule has 17 rings (SSSR count). The minimum atomic E-state index is -0.443. The van der Waals surface area contributed by atoms with Crippen molar-refractivity contribution in [2.45, 2.75) is 5.41 Å². The third-order valence-electron chi connectivity index (χ3n) is 18.4. The average molecular weight is 1110 g/mol. The molecule has 0 unspecified atom stereocenters. The molecule has 0 bridgehead atoms. The topological polar surface area (TPSA) is 9.86 Å². The number of nitrogens with zero attached hydrogens (tertiary/aromatic N) is 2. The molecule has 0 saturated heterocycles. The minimum absolute atomic E-state index is 0.443. The Balaban J connectivity index is 0.644. The Bertz CT molecular complexity index is 5250. The number of rotatable bonds is 10. The Morgan fingerprint density at radius 2 is 0.494 bits per heavy atom. The first-order chi connectivity index (χ1) is 43.1. The van der Waals surface area contributed by atoms with Crippen LogP contribution >= 0.6 is 0 Å². The maximum absolute atomic E-state index is 2.42. The summed E-state index contributed by atoms with van der Waals surface area (Å²) >= 11 is 0. The SMILES string of the molecule is c1ccc(-c2ccc(-n3c4ccccc4c4cc(-c5ccc6c(c5)c5ccccc5n6-c5ccc(-c6cccc(-c7ccc(-c8cccc(-c9cccc(C%10(c%11ccccc%11)c%11ccccc%11-c%11ccccc%11%10)c9)c8)cc7)c6)cc5)ccc43)cc2)cc1. The second-order valence-corrected chi connectivity index (χ2v) is 23.2. The molecule has 1 aliphatic rings. The fourth-order valence-corrected chi connectivity index (χ4v) is 14.4. The highest BCUT2D eigenvalue weighted by Crippen LogP contribution is 2.56. The second kappa shape index (κ2) is 20.5. The monoisotopic (exact) mass is 1100 g/mol. The number of fused-ring (bicyclic) bond motifs is 9. The van der Waals surface area contributed by atoms with Crippen LogP contribution < -0.4 is 0 Å². The molecule has 16 aromatic rings. The van der Waals surface area contributed by atoms with Gasteiger partial charge in [0.05, 0.1) is 27.5 Å². The molecule has 2 heterocycles. The van der Waals surface area contributed by atoms with E-state index in [9.17, 15) is 0 Å². The summed E-state index contributed by atoms with van der Waals surface area (Å²) < 4.78 is 4.82. The fraction of sp³-hybridized carbons (Fsp3) is 0.0118. The predicted octanol–water partition coefficient (Wildman–Crippen LogP) is 22.2. The van der Waals surface area contributed by atoms with Crippen LogP contribution in [0.3, 0.4) is 0 Å². The standard InChI is InChI=1S/C85H56N2/c1-3-18-57(19-4-1)58-40-46-71(47-41-58)86-81-34-13-9-30-75(81)77-55-67(44-50-83(77)86)68-45-51-84-78(56-68)76-31-10-14-35-82(76)87(84)72-48-42-61(43-49-72)63-21-15-20-62(52-63)59-36-38-60(39-37-59)64-22-16-23-65(53-64)66-24-17-27-70(54-66)85(69-25-5-2-6-26-69)79-32-11-7-28-73(79)74-29-8-12-33-80(74)85/h1-56H. The largest absolute Gasteiger partial charge is 0.309 e. The smallest absolute Gasteiger partial charge is 0.0713 e. The van der Waals surface area contributed by atoms with Crippen LogP contribution in [0, 0.1) is 0 Å².